The fourth-order valence-corrected chi connectivity index (χ4v) is 4.22. The fourth-order valence-electron chi connectivity index (χ4n) is 2.35. The Balaban J connectivity index is 1.98. The maximum Gasteiger partial charge on any atom is 0.307 e. The molecule has 0 atom stereocenters. The minimum atomic E-state index is -1.02. The van der Waals surface area contributed by atoms with Gasteiger partial charge in [0, 0.05) is 11.3 Å². The van der Waals surface area contributed by atoms with Crippen molar-refractivity contribution in [3.63, 3.8) is 0 Å². The van der Waals surface area contributed by atoms with Crippen molar-refractivity contribution in [1.82, 2.24) is 0 Å². The second-order valence-corrected chi connectivity index (χ2v) is 6.92. The van der Waals surface area contributed by atoms with Crippen LogP contribution in [-0.4, -0.2) is 11.1 Å². The Kier molecular flexibility index (Phi) is 4.68. The summed E-state index contributed by atoms with van der Waals surface area (Å²) in [4.78, 5) is 12.0. The third-order valence-corrected chi connectivity index (χ3v) is 5.46. The van der Waals surface area contributed by atoms with Gasteiger partial charge in [0.2, 0.25) is 0 Å². The van der Waals surface area contributed by atoms with E-state index in [1.54, 1.807) is 11.4 Å². The van der Waals surface area contributed by atoms with E-state index in [0.29, 0.717) is 25.4 Å². The van der Waals surface area contributed by atoms with Gasteiger partial charge in [-0.15, -0.1) is 11.8 Å². The van der Waals surface area contributed by atoms with Crippen molar-refractivity contribution in [3.05, 3.63) is 63.8 Å². The molecule has 0 aliphatic carbocycles. The van der Waals surface area contributed by atoms with E-state index in [0.717, 1.165) is 17.8 Å². The second-order valence-electron chi connectivity index (χ2n) is 5.01. The molecule has 0 aliphatic rings. The van der Waals surface area contributed by atoms with Gasteiger partial charge in [-0.3, -0.25) is 4.79 Å². The summed E-state index contributed by atoms with van der Waals surface area (Å²) in [6.45, 7) is 0. The molecule has 0 radical (unpaired) electrons. The van der Waals surface area contributed by atoms with E-state index < -0.39 is 17.6 Å². The lowest BCUT2D eigenvalue weighted by atomic mass is 10.1. The molecule has 0 aliphatic heterocycles. The standard InChI is InChI=1S/C16H11F2NO3S2/c17-12-3-1-2-9(15(12)18)8-24-13-7-19(22)16-10(4-5-23-16)11(13)6-14(20)21/h1-5,7H,6,8H2,(H,20,21). The Morgan fingerprint density at radius 3 is 2.88 bits per heavy atom. The second kappa shape index (κ2) is 6.74. The number of carboxylic acid groups (broad SMARTS) is 1. The average Bonchev–Trinajstić information content (AvgIpc) is 3.02. The zero-order valence-corrected chi connectivity index (χ0v) is 13.8. The Morgan fingerprint density at radius 2 is 2.12 bits per heavy atom. The van der Waals surface area contributed by atoms with Crippen LogP contribution >= 0.6 is 23.1 Å². The number of carboxylic acids is 1. The Morgan fingerprint density at radius 1 is 1.33 bits per heavy atom. The topological polar surface area (TPSA) is 64.2 Å². The number of thiophene rings is 1. The largest absolute Gasteiger partial charge is 0.618 e. The van der Waals surface area contributed by atoms with Crippen LogP contribution in [0.1, 0.15) is 11.1 Å². The number of hydrogen-bond acceptors (Lipinski definition) is 4. The highest BCUT2D eigenvalue weighted by Crippen LogP contribution is 2.32. The molecule has 0 saturated carbocycles. The van der Waals surface area contributed by atoms with Crippen LogP contribution in [0.2, 0.25) is 0 Å². The zero-order chi connectivity index (χ0) is 17.3. The van der Waals surface area contributed by atoms with Crippen LogP contribution in [0.5, 0.6) is 0 Å². The summed E-state index contributed by atoms with van der Waals surface area (Å²) >= 11 is 2.33. The number of pyridine rings is 1. The molecule has 0 spiro atoms. The van der Waals surface area contributed by atoms with Crippen LogP contribution in [-0.2, 0) is 17.0 Å². The smallest absolute Gasteiger partial charge is 0.307 e. The first-order chi connectivity index (χ1) is 11.5. The van der Waals surface area contributed by atoms with Gasteiger partial charge in [0.25, 0.3) is 4.83 Å². The number of carbonyl (C=O) groups is 1. The van der Waals surface area contributed by atoms with Crippen molar-refractivity contribution in [2.45, 2.75) is 17.1 Å². The Labute approximate surface area is 143 Å². The highest BCUT2D eigenvalue weighted by atomic mass is 32.2. The number of aliphatic carboxylic acids is 1. The van der Waals surface area contributed by atoms with E-state index in [1.807, 2.05) is 0 Å². The van der Waals surface area contributed by atoms with Gasteiger partial charge in [-0.25, -0.2) is 8.78 Å². The van der Waals surface area contributed by atoms with Gasteiger partial charge >= 0.3 is 5.97 Å². The molecule has 24 heavy (non-hydrogen) atoms. The van der Waals surface area contributed by atoms with E-state index in [4.69, 9.17) is 5.11 Å². The number of benzene rings is 1. The zero-order valence-electron chi connectivity index (χ0n) is 12.2. The molecule has 2 aromatic heterocycles. The fraction of sp³-hybridized carbons (Fsp3) is 0.125. The monoisotopic (exact) mass is 367 g/mol. The van der Waals surface area contributed by atoms with Crippen molar-refractivity contribution in [3.8, 4) is 0 Å². The molecular weight excluding hydrogens is 356 g/mol. The van der Waals surface area contributed by atoms with Crippen LogP contribution in [0.25, 0.3) is 10.2 Å². The summed E-state index contributed by atoms with van der Waals surface area (Å²) in [5, 5.41) is 23.5. The first-order valence-corrected chi connectivity index (χ1v) is 8.73. The van der Waals surface area contributed by atoms with E-state index in [9.17, 15) is 18.8 Å². The summed E-state index contributed by atoms with van der Waals surface area (Å²) in [5.74, 6) is -2.81. The lowest BCUT2D eigenvalue weighted by Gasteiger charge is -2.10. The molecule has 0 fully saturated rings. The minimum absolute atomic E-state index is 0.0891. The van der Waals surface area contributed by atoms with E-state index in [2.05, 4.69) is 0 Å². The third-order valence-electron chi connectivity index (χ3n) is 3.44. The predicted octanol–water partition coefficient (Wildman–Crippen LogP) is 3.73. The highest BCUT2D eigenvalue weighted by molar-refractivity contribution is 7.98. The van der Waals surface area contributed by atoms with Gasteiger partial charge in [0.05, 0.1) is 16.7 Å². The molecule has 4 nitrogen and oxygen atoms in total. The molecule has 3 rings (SSSR count). The van der Waals surface area contributed by atoms with Crippen LogP contribution in [0.4, 0.5) is 8.78 Å². The van der Waals surface area contributed by atoms with Gasteiger partial charge in [0.15, 0.2) is 17.8 Å². The number of thioether (sulfide) groups is 1. The molecule has 124 valence electrons. The number of hydrogen-bond donors (Lipinski definition) is 1. The first-order valence-electron chi connectivity index (χ1n) is 6.87. The molecule has 1 N–H and O–H groups in total. The van der Waals surface area contributed by atoms with E-state index in [-0.39, 0.29) is 17.7 Å². The normalized spacial score (nSPS) is 11.1. The first kappa shape index (κ1) is 16.7. The SMILES string of the molecule is O=C(O)Cc1c(SCc2cccc(F)c2F)c[n+]([O-])c2sccc12. The van der Waals surface area contributed by atoms with Crippen molar-refractivity contribution in [2.75, 3.05) is 0 Å². The quantitative estimate of drug-likeness (QED) is 0.424. The van der Waals surface area contributed by atoms with Gasteiger partial charge in [-0.05, 0) is 23.1 Å². The molecule has 2 heterocycles. The van der Waals surface area contributed by atoms with Gasteiger partial charge < -0.3 is 10.3 Å². The number of rotatable bonds is 5. The van der Waals surface area contributed by atoms with E-state index in [1.165, 1.54) is 29.7 Å². The van der Waals surface area contributed by atoms with Crippen LogP contribution in [0, 0.1) is 16.8 Å². The number of aromatic nitrogens is 1. The molecule has 0 unspecified atom stereocenters. The van der Waals surface area contributed by atoms with E-state index >= 15 is 0 Å². The van der Waals surface area contributed by atoms with Gasteiger partial charge in [-0.1, -0.05) is 23.5 Å². The Hall–Kier alpha value is -2.19. The van der Waals surface area contributed by atoms with Crippen LogP contribution < -0.4 is 4.73 Å². The lowest BCUT2D eigenvalue weighted by molar-refractivity contribution is -0.576. The van der Waals surface area contributed by atoms with Crippen molar-refractivity contribution in [1.29, 1.82) is 0 Å². The molecule has 1 aromatic carbocycles. The Bertz CT molecular complexity index is 927. The molecule has 0 bridgehead atoms. The summed E-state index contributed by atoms with van der Waals surface area (Å²) in [7, 11) is 0. The van der Waals surface area contributed by atoms with Gasteiger partial charge in [0.1, 0.15) is 0 Å². The summed E-state index contributed by atoms with van der Waals surface area (Å²) < 4.78 is 27.7. The van der Waals surface area contributed by atoms with Gasteiger partial charge in [-0.2, -0.15) is 4.73 Å². The predicted molar refractivity (Wildman–Crippen MR) is 88.0 cm³/mol. The van der Waals surface area contributed by atoms with Crippen molar-refractivity contribution >= 4 is 39.3 Å². The van der Waals surface area contributed by atoms with Crippen molar-refractivity contribution in [2.24, 2.45) is 0 Å². The molecule has 8 heteroatoms. The maximum atomic E-state index is 13.8. The third kappa shape index (κ3) is 3.20. The van der Waals surface area contributed by atoms with Crippen LogP contribution in [0.15, 0.2) is 40.7 Å². The van der Waals surface area contributed by atoms with Crippen LogP contribution in [0.3, 0.4) is 0 Å². The molecule has 0 saturated heterocycles. The minimum Gasteiger partial charge on any atom is -0.618 e. The van der Waals surface area contributed by atoms with Crippen molar-refractivity contribution < 1.29 is 23.4 Å². The number of halogens is 2. The highest BCUT2D eigenvalue weighted by Gasteiger charge is 2.20. The summed E-state index contributed by atoms with van der Waals surface area (Å²) in [5.41, 5.74) is 0.664. The molecular formula is C16H11F2NO3S2. The molecule has 3 aromatic rings. The maximum absolute atomic E-state index is 13.8. The number of nitrogens with zero attached hydrogens (tertiary/aromatic N) is 1. The number of fused-ring (bicyclic) bond motifs is 1. The molecule has 0 amide bonds. The lowest BCUT2D eigenvalue weighted by Crippen LogP contribution is -2.26. The average molecular weight is 367 g/mol. The summed E-state index contributed by atoms with van der Waals surface area (Å²) in [6, 6.07) is 5.58. The summed E-state index contributed by atoms with van der Waals surface area (Å²) in [6.07, 6.45) is 1.04.